The van der Waals surface area contributed by atoms with E-state index in [0.29, 0.717) is 24.2 Å². The lowest BCUT2D eigenvalue weighted by Gasteiger charge is -2.09. The van der Waals surface area contributed by atoms with Gasteiger partial charge in [-0.3, -0.25) is 9.59 Å². The number of aromatic amines is 1. The highest BCUT2D eigenvalue weighted by Gasteiger charge is 2.32. The summed E-state index contributed by atoms with van der Waals surface area (Å²) < 4.78 is 0.910. The Kier molecular flexibility index (Phi) is 3.30. The number of benzene rings is 2. The van der Waals surface area contributed by atoms with E-state index in [1.165, 1.54) is 0 Å². The van der Waals surface area contributed by atoms with Crippen LogP contribution in [0.4, 0.5) is 5.69 Å². The van der Waals surface area contributed by atoms with E-state index in [9.17, 15) is 9.59 Å². The average molecular weight is 408 g/mol. The number of aromatic nitrogens is 1. The Bertz CT molecular complexity index is 1140. The second-order valence-electron chi connectivity index (χ2n) is 6.42. The molecule has 3 heterocycles. The molecule has 0 unspecified atom stereocenters. The number of nitrogens with one attached hydrogen (secondary N) is 3. The Morgan fingerprint density at radius 2 is 1.85 bits per heavy atom. The first-order chi connectivity index (χ1) is 12.6. The zero-order valence-corrected chi connectivity index (χ0v) is 15.2. The fourth-order valence-electron chi connectivity index (χ4n) is 3.83. The van der Waals surface area contributed by atoms with E-state index >= 15 is 0 Å². The highest BCUT2D eigenvalue weighted by Crippen LogP contribution is 2.42. The van der Waals surface area contributed by atoms with Gasteiger partial charge in [0.05, 0.1) is 11.3 Å². The van der Waals surface area contributed by atoms with Gasteiger partial charge in [-0.2, -0.15) is 0 Å². The molecule has 2 aromatic carbocycles. The first kappa shape index (κ1) is 15.4. The van der Waals surface area contributed by atoms with E-state index < -0.39 is 0 Å². The fourth-order valence-corrected chi connectivity index (χ4v) is 4.20. The molecule has 0 spiro atoms. The lowest BCUT2D eigenvalue weighted by molar-refractivity contribution is -0.110. The number of carbonyl (C=O) groups is 2. The molecule has 2 aliphatic rings. The quantitative estimate of drug-likeness (QED) is 0.494. The molecule has 3 aromatic rings. The molecule has 0 saturated carbocycles. The Balaban J connectivity index is 1.87. The molecule has 128 valence electrons. The maximum atomic E-state index is 12.8. The molecule has 5 rings (SSSR count). The van der Waals surface area contributed by atoms with Crippen LogP contribution in [-0.2, 0) is 4.79 Å². The molecule has 0 aliphatic carbocycles. The van der Waals surface area contributed by atoms with E-state index in [-0.39, 0.29) is 11.8 Å². The predicted molar refractivity (Wildman–Crippen MR) is 105 cm³/mol. The van der Waals surface area contributed by atoms with Crippen molar-refractivity contribution in [1.29, 1.82) is 0 Å². The van der Waals surface area contributed by atoms with Crippen LogP contribution >= 0.6 is 15.9 Å². The van der Waals surface area contributed by atoms with Crippen LogP contribution in [0.5, 0.6) is 0 Å². The SMILES string of the molecule is O=C1Nc2cc(Br)ccc2/C1=C1\CCNC(=O)c2[nH]c3ccccc3c21. The number of halogens is 1. The number of rotatable bonds is 0. The van der Waals surface area contributed by atoms with Gasteiger partial charge in [-0.15, -0.1) is 0 Å². The lowest BCUT2D eigenvalue weighted by Crippen LogP contribution is -2.22. The van der Waals surface area contributed by atoms with Crippen LogP contribution < -0.4 is 10.6 Å². The van der Waals surface area contributed by atoms with Crippen LogP contribution in [0, 0.1) is 0 Å². The number of amides is 2. The van der Waals surface area contributed by atoms with Crippen molar-refractivity contribution in [2.75, 3.05) is 11.9 Å². The number of carbonyl (C=O) groups excluding carboxylic acids is 2. The third-order valence-electron chi connectivity index (χ3n) is 4.92. The largest absolute Gasteiger partial charge is 0.350 e. The van der Waals surface area contributed by atoms with Crippen molar-refractivity contribution >= 4 is 55.5 Å². The summed E-state index contributed by atoms with van der Waals surface area (Å²) in [6.45, 7) is 0.494. The summed E-state index contributed by atoms with van der Waals surface area (Å²) in [4.78, 5) is 28.6. The Labute approximate surface area is 157 Å². The van der Waals surface area contributed by atoms with Gasteiger partial charge >= 0.3 is 0 Å². The first-order valence-electron chi connectivity index (χ1n) is 8.37. The normalized spacial score (nSPS) is 19.0. The van der Waals surface area contributed by atoms with Gasteiger partial charge in [0.2, 0.25) is 0 Å². The number of H-pyrrole nitrogens is 1. The van der Waals surface area contributed by atoms with Gasteiger partial charge in [-0.25, -0.2) is 0 Å². The smallest absolute Gasteiger partial charge is 0.268 e. The zero-order chi connectivity index (χ0) is 17.8. The van der Waals surface area contributed by atoms with Crippen LogP contribution in [0.3, 0.4) is 0 Å². The maximum Gasteiger partial charge on any atom is 0.268 e. The molecule has 5 nitrogen and oxygen atoms in total. The standard InChI is InChI=1S/C20H14BrN3O2/c21-10-5-6-12-15(9-10)24-19(25)17(12)13-7-8-22-20(26)18-16(13)11-3-1-2-4-14(11)23-18/h1-6,9,23H,7-8H2,(H,22,26)(H,24,25)/b17-13-. The molecule has 3 N–H and O–H groups in total. The summed E-state index contributed by atoms with van der Waals surface area (Å²) in [7, 11) is 0. The van der Waals surface area contributed by atoms with Gasteiger partial charge in [0.15, 0.2) is 0 Å². The molecule has 0 saturated heterocycles. The minimum absolute atomic E-state index is 0.126. The summed E-state index contributed by atoms with van der Waals surface area (Å²) >= 11 is 3.45. The van der Waals surface area contributed by atoms with Gasteiger partial charge in [0.1, 0.15) is 5.69 Å². The summed E-state index contributed by atoms with van der Waals surface area (Å²) in [6.07, 6.45) is 0.596. The van der Waals surface area contributed by atoms with Crippen LogP contribution in [-0.4, -0.2) is 23.3 Å². The summed E-state index contributed by atoms with van der Waals surface area (Å²) in [5.74, 6) is -0.264. The highest BCUT2D eigenvalue weighted by atomic mass is 79.9. The molecular weight excluding hydrogens is 394 g/mol. The van der Waals surface area contributed by atoms with Crippen molar-refractivity contribution in [1.82, 2.24) is 10.3 Å². The molecule has 2 aliphatic heterocycles. The van der Waals surface area contributed by atoms with Crippen molar-refractivity contribution < 1.29 is 9.59 Å². The van der Waals surface area contributed by atoms with Gasteiger partial charge in [0, 0.05) is 33.0 Å². The number of fused-ring (bicyclic) bond motifs is 4. The summed E-state index contributed by atoms with van der Waals surface area (Å²) in [6, 6.07) is 13.6. The fraction of sp³-hybridized carbons (Fsp3) is 0.100. The van der Waals surface area contributed by atoms with Gasteiger partial charge in [-0.1, -0.05) is 40.2 Å². The molecule has 0 bridgehead atoms. The Morgan fingerprint density at radius 1 is 1.00 bits per heavy atom. The zero-order valence-electron chi connectivity index (χ0n) is 13.7. The van der Waals surface area contributed by atoms with E-state index in [0.717, 1.165) is 37.8 Å². The average Bonchev–Trinajstić information content (AvgIpc) is 3.11. The second kappa shape index (κ2) is 5.57. The molecule has 0 fully saturated rings. The number of hydrogen-bond acceptors (Lipinski definition) is 2. The van der Waals surface area contributed by atoms with Crippen LogP contribution in [0.25, 0.3) is 22.0 Å². The third-order valence-corrected chi connectivity index (χ3v) is 5.42. The van der Waals surface area contributed by atoms with Crippen molar-refractivity contribution in [3.05, 3.63) is 63.8 Å². The number of anilines is 1. The number of para-hydroxylation sites is 1. The molecule has 0 radical (unpaired) electrons. The van der Waals surface area contributed by atoms with Crippen LogP contribution in [0.15, 0.2) is 46.9 Å². The van der Waals surface area contributed by atoms with E-state index in [2.05, 4.69) is 31.5 Å². The van der Waals surface area contributed by atoms with Crippen LogP contribution in [0.1, 0.15) is 28.0 Å². The lowest BCUT2D eigenvalue weighted by atomic mass is 9.92. The molecule has 2 amide bonds. The van der Waals surface area contributed by atoms with E-state index in [1.807, 2.05) is 42.5 Å². The minimum atomic E-state index is -0.138. The summed E-state index contributed by atoms with van der Waals surface area (Å²) in [5, 5.41) is 6.82. The maximum absolute atomic E-state index is 12.8. The topological polar surface area (TPSA) is 74.0 Å². The van der Waals surface area contributed by atoms with Crippen LogP contribution in [0.2, 0.25) is 0 Å². The highest BCUT2D eigenvalue weighted by molar-refractivity contribution is 9.10. The summed E-state index contributed by atoms with van der Waals surface area (Å²) in [5.41, 5.74) is 5.45. The van der Waals surface area contributed by atoms with Gasteiger partial charge in [0.25, 0.3) is 11.8 Å². The van der Waals surface area contributed by atoms with Gasteiger partial charge < -0.3 is 15.6 Å². The molecular formula is C20H14BrN3O2. The Hall–Kier alpha value is -2.86. The van der Waals surface area contributed by atoms with Gasteiger partial charge in [-0.05, 0) is 30.2 Å². The molecule has 6 heteroatoms. The van der Waals surface area contributed by atoms with Crippen molar-refractivity contribution in [3.63, 3.8) is 0 Å². The minimum Gasteiger partial charge on any atom is -0.350 e. The monoisotopic (exact) mass is 407 g/mol. The Morgan fingerprint density at radius 3 is 2.73 bits per heavy atom. The second-order valence-corrected chi connectivity index (χ2v) is 7.34. The third kappa shape index (κ3) is 2.15. The van der Waals surface area contributed by atoms with Crippen molar-refractivity contribution in [3.8, 4) is 0 Å². The van der Waals surface area contributed by atoms with E-state index in [1.54, 1.807) is 0 Å². The van der Waals surface area contributed by atoms with Crippen molar-refractivity contribution in [2.45, 2.75) is 6.42 Å². The predicted octanol–water partition coefficient (Wildman–Crippen LogP) is 3.93. The molecule has 26 heavy (non-hydrogen) atoms. The molecule has 1 aromatic heterocycles. The van der Waals surface area contributed by atoms with E-state index in [4.69, 9.17) is 0 Å². The first-order valence-corrected chi connectivity index (χ1v) is 9.16. The molecule has 0 atom stereocenters. The number of hydrogen-bond donors (Lipinski definition) is 3. The van der Waals surface area contributed by atoms with Crippen molar-refractivity contribution in [2.24, 2.45) is 0 Å².